The fourth-order valence-electron chi connectivity index (χ4n) is 3.80. The molecule has 2 nitrogen and oxygen atoms in total. The highest BCUT2D eigenvalue weighted by molar-refractivity contribution is 4.90. The Morgan fingerprint density at radius 1 is 1.25 bits per heavy atom. The summed E-state index contributed by atoms with van der Waals surface area (Å²) in [5.74, 6) is 0.803. The van der Waals surface area contributed by atoms with E-state index in [1.807, 2.05) is 0 Å². The van der Waals surface area contributed by atoms with E-state index in [4.69, 9.17) is 0 Å². The van der Waals surface area contributed by atoms with Crippen molar-refractivity contribution >= 4 is 0 Å². The molecule has 0 radical (unpaired) electrons. The molecule has 1 fully saturated rings. The summed E-state index contributed by atoms with van der Waals surface area (Å²) in [5, 5.41) is 3.80. The van der Waals surface area contributed by atoms with Gasteiger partial charge in [-0.3, -0.25) is 0 Å². The van der Waals surface area contributed by atoms with E-state index in [1.165, 1.54) is 45.3 Å². The van der Waals surface area contributed by atoms with Crippen LogP contribution in [0.2, 0.25) is 0 Å². The van der Waals surface area contributed by atoms with Gasteiger partial charge in [0, 0.05) is 19.1 Å². The molecule has 20 heavy (non-hydrogen) atoms. The molecule has 2 heteroatoms. The summed E-state index contributed by atoms with van der Waals surface area (Å²) in [5.41, 5.74) is 0.920. The Bertz CT molecular complexity index is 278. The van der Waals surface area contributed by atoms with Crippen LogP contribution < -0.4 is 5.32 Å². The third-order valence-electron chi connectivity index (χ3n) is 4.46. The van der Waals surface area contributed by atoms with Crippen molar-refractivity contribution in [3.8, 4) is 0 Å². The molecule has 0 heterocycles. The Hall–Kier alpha value is -0.0800. The number of nitrogens with zero attached hydrogens (tertiary/aromatic N) is 1. The summed E-state index contributed by atoms with van der Waals surface area (Å²) < 4.78 is 0. The lowest BCUT2D eigenvalue weighted by atomic mass is 9.69. The van der Waals surface area contributed by atoms with Crippen LogP contribution in [0.1, 0.15) is 67.2 Å². The fourth-order valence-corrected chi connectivity index (χ4v) is 3.80. The van der Waals surface area contributed by atoms with Crippen molar-refractivity contribution in [2.75, 3.05) is 26.7 Å². The zero-order valence-electron chi connectivity index (χ0n) is 15.1. The van der Waals surface area contributed by atoms with E-state index in [1.54, 1.807) is 0 Å². The standard InChI is InChI=1S/C18H38N2/c1-8-11-19-16-9-10-18(5,6)12-15(16)13-20(7)14-17(2,3)4/h15-16,19H,8-14H2,1-7H3. The van der Waals surface area contributed by atoms with Gasteiger partial charge in [-0.05, 0) is 56.0 Å². The number of nitrogens with one attached hydrogen (secondary N) is 1. The lowest BCUT2D eigenvalue weighted by molar-refractivity contribution is 0.0969. The maximum atomic E-state index is 3.80. The molecule has 0 spiro atoms. The first kappa shape index (κ1) is 18.0. The third-order valence-corrected chi connectivity index (χ3v) is 4.46. The molecule has 0 saturated heterocycles. The van der Waals surface area contributed by atoms with Gasteiger partial charge in [-0.25, -0.2) is 0 Å². The molecule has 2 atom stereocenters. The quantitative estimate of drug-likeness (QED) is 0.787. The number of rotatable bonds is 6. The Balaban J connectivity index is 2.59. The minimum atomic E-state index is 0.394. The van der Waals surface area contributed by atoms with Crippen LogP contribution >= 0.6 is 0 Å². The van der Waals surface area contributed by atoms with Crippen molar-refractivity contribution in [1.29, 1.82) is 0 Å². The average molecular weight is 283 g/mol. The molecule has 1 rings (SSSR count). The summed E-state index contributed by atoms with van der Waals surface area (Å²) in [4.78, 5) is 2.55. The van der Waals surface area contributed by atoms with Crippen molar-refractivity contribution in [2.45, 2.75) is 73.3 Å². The van der Waals surface area contributed by atoms with Gasteiger partial charge in [-0.15, -0.1) is 0 Å². The summed E-state index contributed by atoms with van der Waals surface area (Å²) in [6.07, 6.45) is 5.32. The van der Waals surface area contributed by atoms with Gasteiger partial charge in [0.2, 0.25) is 0 Å². The van der Waals surface area contributed by atoms with Gasteiger partial charge in [-0.2, -0.15) is 0 Å². The molecule has 1 aliphatic rings. The molecule has 2 unspecified atom stereocenters. The van der Waals surface area contributed by atoms with Crippen molar-refractivity contribution in [1.82, 2.24) is 10.2 Å². The first-order chi connectivity index (χ1) is 9.13. The van der Waals surface area contributed by atoms with Crippen molar-refractivity contribution in [3.05, 3.63) is 0 Å². The highest BCUT2D eigenvalue weighted by atomic mass is 15.1. The minimum Gasteiger partial charge on any atom is -0.314 e. The number of hydrogen-bond donors (Lipinski definition) is 1. The van der Waals surface area contributed by atoms with E-state index < -0.39 is 0 Å². The second-order valence-corrected chi connectivity index (χ2v) is 8.99. The van der Waals surface area contributed by atoms with Crippen molar-refractivity contribution < 1.29 is 0 Å². The molecule has 0 aromatic rings. The largest absolute Gasteiger partial charge is 0.314 e. The summed E-state index contributed by atoms with van der Waals surface area (Å²) in [7, 11) is 2.30. The minimum absolute atomic E-state index is 0.394. The van der Waals surface area contributed by atoms with Crippen LogP contribution in [0.3, 0.4) is 0 Å². The molecule has 1 N–H and O–H groups in total. The summed E-state index contributed by atoms with van der Waals surface area (Å²) in [6, 6.07) is 0.727. The molecular weight excluding hydrogens is 244 g/mol. The first-order valence-corrected chi connectivity index (χ1v) is 8.55. The zero-order chi connectivity index (χ0) is 15.4. The smallest absolute Gasteiger partial charge is 0.0108 e. The van der Waals surface area contributed by atoms with E-state index in [9.17, 15) is 0 Å². The van der Waals surface area contributed by atoms with E-state index in [2.05, 4.69) is 58.8 Å². The number of hydrogen-bond acceptors (Lipinski definition) is 2. The maximum absolute atomic E-state index is 3.80. The fraction of sp³-hybridized carbons (Fsp3) is 1.00. The van der Waals surface area contributed by atoms with E-state index in [0.717, 1.165) is 12.0 Å². The van der Waals surface area contributed by atoms with E-state index in [0.29, 0.717) is 10.8 Å². The van der Waals surface area contributed by atoms with Crippen LogP contribution in [0.25, 0.3) is 0 Å². The molecular formula is C18H38N2. The second kappa shape index (κ2) is 7.26. The van der Waals surface area contributed by atoms with Crippen LogP contribution in [0, 0.1) is 16.7 Å². The van der Waals surface area contributed by atoms with Gasteiger partial charge < -0.3 is 10.2 Å². The second-order valence-electron chi connectivity index (χ2n) is 8.99. The molecule has 0 bridgehead atoms. The van der Waals surface area contributed by atoms with Crippen molar-refractivity contribution in [3.63, 3.8) is 0 Å². The molecule has 0 aromatic heterocycles. The van der Waals surface area contributed by atoms with Crippen LogP contribution in [-0.4, -0.2) is 37.6 Å². The van der Waals surface area contributed by atoms with Gasteiger partial charge >= 0.3 is 0 Å². The normalized spacial score (nSPS) is 27.0. The average Bonchev–Trinajstić information content (AvgIpc) is 2.24. The van der Waals surface area contributed by atoms with Gasteiger partial charge in [0.15, 0.2) is 0 Å². The lowest BCUT2D eigenvalue weighted by Crippen LogP contribution is -2.48. The van der Waals surface area contributed by atoms with Gasteiger partial charge in [0.1, 0.15) is 0 Å². The van der Waals surface area contributed by atoms with E-state index >= 15 is 0 Å². The molecule has 0 aromatic carbocycles. The summed E-state index contributed by atoms with van der Waals surface area (Å²) in [6.45, 7) is 17.8. The predicted molar refractivity (Wildman–Crippen MR) is 90.2 cm³/mol. The molecule has 1 aliphatic carbocycles. The van der Waals surface area contributed by atoms with Crippen LogP contribution in [0.5, 0.6) is 0 Å². The van der Waals surface area contributed by atoms with Crippen LogP contribution in [0.4, 0.5) is 0 Å². The Morgan fingerprint density at radius 3 is 2.45 bits per heavy atom. The Labute approximate surface area is 127 Å². The van der Waals surface area contributed by atoms with Crippen LogP contribution in [-0.2, 0) is 0 Å². The van der Waals surface area contributed by atoms with Crippen LogP contribution in [0.15, 0.2) is 0 Å². The topological polar surface area (TPSA) is 15.3 Å². The van der Waals surface area contributed by atoms with Gasteiger partial charge in [-0.1, -0.05) is 41.5 Å². The van der Waals surface area contributed by atoms with Crippen molar-refractivity contribution in [2.24, 2.45) is 16.7 Å². The molecule has 120 valence electrons. The first-order valence-electron chi connectivity index (χ1n) is 8.55. The summed E-state index contributed by atoms with van der Waals surface area (Å²) >= 11 is 0. The highest BCUT2D eigenvalue weighted by Crippen LogP contribution is 2.39. The Kier molecular flexibility index (Phi) is 6.53. The van der Waals surface area contributed by atoms with Gasteiger partial charge in [0.25, 0.3) is 0 Å². The molecule has 0 amide bonds. The zero-order valence-corrected chi connectivity index (χ0v) is 15.1. The van der Waals surface area contributed by atoms with E-state index in [-0.39, 0.29) is 0 Å². The SMILES string of the molecule is CCCNC1CCC(C)(C)CC1CN(C)CC(C)(C)C. The monoisotopic (exact) mass is 282 g/mol. The maximum Gasteiger partial charge on any atom is 0.0108 e. The van der Waals surface area contributed by atoms with Gasteiger partial charge in [0.05, 0.1) is 0 Å². The highest BCUT2D eigenvalue weighted by Gasteiger charge is 2.35. The molecule has 0 aliphatic heterocycles. The predicted octanol–water partition coefficient (Wildman–Crippen LogP) is 4.16. The molecule has 1 saturated carbocycles. The lowest BCUT2D eigenvalue weighted by Gasteiger charge is -2.43. The third kappa shape index (κ3) is 6.58. The Morgan fingerprint density at radius 2 is 1.90 bits per heavy atom.